The molecule has 1 unspecified atom stereocenters. The Morgan fingerprint density at radius 3 is 2.75 bits per heavy atom. The largest absolute Gasteiger partial charge is 0.291 e. The first-order valence-corrected chi connectivity index (χ1v) is 2.62. The second-order valence-corrected chi connectivity index (χ2v) is 1.76. The van der Waals surface area contributed by atoms with Crippen LogP contribution in [0.3, 0.4) is 0 Å². The molecule has 0 spiro atoms. The van der Waals surface area contributed by atoms with Gasteiger partial charge in [0.2, 0.25) is 6.29 Å². The van der Waals surface area contributed by atoms with Gasteiger partial charge in [0, 0.05) is 12.3 Å². The molecule has 43 valence electrons. The molecule has 0 aromatic carbocycles. The zero-order chi connectivity index (χ0) is 6.41. The normalized spacial score (nSPS) is 12.0. The Morgan fingerprint density at radius 2 is 2.38 bits per heavy atom. The van der Waals surface area contributed by atoms with Gasteiger partial charge < -0.3 is 0 Å². The predicted molar refractivity (Wildman–Crippen MR) is 32.9 cm³/mol. The Kier molecular flexibility index (Phi) is 3.97. The lowest BCUT2D eigenvalue weighted by Crippen LogP contribution is -1.92. The highest BCUT2D eigenvalue weighted by molar-refractivity contribution is 5.53. The summed E-state index contributed by atoms with van der Waals surface area (Å²) >= 11 is 0. The third-order valence-corrected chi connectivity index (χ3v) is 0.923. The van der Waals surface area contributed by atoms with Gasteiger partial charge in [0.05, 0.1) is 0 Å². The van der Waals surface area contributed by atoms with E-state index in [-0.39, 0.29) is 5.92 Å². The third kappa shape index (κ3) is 3.42. The first-order chi connectivity index (χ1) is 3.81. The molecule has 0 aromatic heterocycles. The highest BCUT2D eigenvalue weighted by Crippen LogP contribution is 1.99. The summed E-state index contributed by atoms with van der Waals surface area (Å²) in [5.41, 5.74) is 0. The summed E-state index contributed by atoms with van der Waals surface area (Å²) in [4.78, 5) is 9.82. The van der Waals surface area contributed by atoms with E-state index in [1.54, 1.807) is 0 Å². The van der Waals surface area contributed by atoms with Crippen LogP contribution in [-0.4, -0.2) is 6.29 Å². The van der Waals surface area contributed by atoms with Crippen LogP contribution in [0.2, 0.25) is 0 Å². The average Bonchev–Trinajstić information content (AvgIpc) is 1.83. The maximum atomic E-state index is 9.82. The zero-order valence-corrected chi connectivity index (χ0v) is 4.98. The molecule has 1 heteroatoms. The van der Waals surface area contributed by atoms with Gasteiger partial charge in [0.15, 0.2) is 0 Å². The summed E-state index contributed by atoms with van der Waals surface area (Å²) in [6.07, 6.45) is 8.25. The van der Waals surface area contributed by atoms with Crippen LogP contribution in [0.5, 0.6) is 0 Å². The highest BCUT2D eigenvalue weighted by Gasteiger charge is 1.96. The third-order valence-electron chi connectivity index (χ3n) is 0.923. The molecule has 1 atom stereocenters. The van der Waals surface area contributed by atoms with Gasteiger partial charge in [-0.3, -0.25) is 4.79 Å². The molecule has 0 amide bonds. The van der Waals surface area contributed by atoms with Gasteiger partial charge in [-0.1, -0.05) is 6.92 Å². The second-order valence-electron chi connectivity index (χ2n) is 1.76. The smallest absolute Gasteiger partial charge is 0.201 e. The van der Waals surface area contributed by atoms with Crippen molar-refractivity contribution in [1.29, 1.82) is 0 Å². The minimum absolute atomic E-state index is 0.00560. The highest BCUT2D eigenvalue weighted by atomic mass is 16.1. The Morgan fingerprint density at radius 1 is 1.75 bits per heavy atom. The van der Waals surface area contributed by atoms with E-state index < -0.39 is 0 Å². The molecule has 8 heavy (non-hydrogen) atoms. The van der Waals surface area contributed by atoms with Gasteiger partial charge in [0.25, 0.3) is 0 Å². The molecule has 0 fully saturated rings. The van der Waals surface area contributed by atoms with E-state index in [0.717, 1.165) is 6.42 Å². The van der Waals surface area contributed by atoms with Crippen molar-refractivity contribution < 1.29 is 4.79 Å². The van der Waals surface area contributed by atoms with E-state index in [1.807, 2.05) is 13.2 Å². The predicted octanol–water partition coefficient (Wildman–Crippen LogP) is 1.15. The fourth-order valence-corrected chi connectivity index (χ4v) is 0.359. The van der Waals surface area contributed by atoms with Crippen LogP contribution in [0.15, 0.2) is 0 Å². The van der Waals surface area contributed by atoms with Crippen LogP contribution in [-0.2, 0) is 4.79 Å². The van der Waals surface area contributed by atoms with E-state index in [9.17, 15) is 4.79 Å². The van der Waals surface area contributed by atoms with Crippen molar-refractivity contribution in [2.45, 2.75) is 19.8 Å². The van der Waals surface area contributed by atoms with Gasteiger partial charge in [0.1, 0.15) is 0 Å². The Bertz CT molecular complexity index is 99.4. The Labute approximate surface area is 50.1 Å². The molecule has 1 nitrogen and oxygen atoms in total. The summed E-state index contributed by atoms with van der Waals surface area (Å²) in [7, 11) is 0. The van der Waals surface area contributed by atoms with Crippen molar-refractivity contribution in [3.63, 3.8) is 0 Å². The van der Waals surface area contributed by atoms with Crippen LogP contribution < -0.4 is 0 Å². The standard InChI is InChI=1S/C7H9O/c1-3-4-5-7(2)6-8/h1,7H,4-5H2,2H3. The lowest BCUT2D eigenvalue weighted by Gasteiger charge is -1.93. The van der Waals surface area contributed by atoms with Gasteiger partial charge in [-0.2, -0.15) is 0 Å². The molecular formula is C7H9O. The first-order valence-electron chi connectivity index (χ1n) is 2.62. The minimum Gasteiger partial charge on any atom is -0.291 e. The minimum atomic E-state index is 0.00560. The molecule has 0 bridgehead atoms. The molecule has 0 saturated heterocycles. The van der Waals surface area contributed by atoms with Crippen molar-refractivity contribution in [1.82, 2.24) is 0 Å². The van der Waals surface area contributed by atoms with E-state index in [4.69, 9.17) is 6.42 Å². The molecule has 0 aliphatic carbocycles. The van der Waals surface area contributed by atoms with E-state index in [2.05, 4.69) is 5.92 Å². The maximum Gasteiger partial charge on any atom is 0.201 e. The SMILES string of the molecule is C#CCCC(C)[C]=O. The zero-order valence-electron chi connectivity index (χ0n) is 4.98. The van der Waals surface area contributed by atoms with Crippen molar-refractivity contribution >= 4 is 6.29 Å². The van der Waals surface area contributed by atoms with Crippen LogP contribution in [0, 0.1) is 18.3 Å². The van der Waals surface area contributed by atoms with Gasteiger partial charge in [-0.15, -0.1) is 12.3 Å². The molecule has 0 heterocycles. The van der Waals surface area contributed by atoms with Crippen molar-refractivity contribution in [2.75, 3.05) is 0 Å². The molecule has 0 rings (SSSR count). The molecule has 0 saturated carbocycles. The number of rotatable bonds is 3. The Balaban J connectivity index is 3.13. The second kappa shape index (κ2) is 4.39. The van der Waals surface area contributed by atoms with E-state index in [0.29, 0.717) is 6.42 Å². The summed E-state index contributed by atoms with van der Waals surface area (Å²) in [5, 5.41) is 0. The van der Waals surface area contributed by atoms with Gasteiger partial charge >= 0.3 is 0 Å². The first kappa shape index (κ1) is 7.23. The average molecular weight is 109 g/mol. The molecule has 0 aromatic rings. The molecule has 0 N–H and O–H groups in total. The molecule has 0 aliphatic heterocycles. The number of hydrogen-bond donors (Lipinski definition) is 0. The van der Waals surface area contributed by atoms with Crippen molar-refractivity contribution in [2.24, 2.45) is 5.92 Å². The van der Waals surface area contributed by atoms with Crippen LogP contribution in [0.1, 0.15) is 19.8 Å². The summed E-state index contributed by atoms with van der Waals surface area (Å²) in [6.45, 7) is 1.81. The lowest BCUT2D eigenvalue weighted by molar-refractivity contribution is 0.522. The quantitative estimate of drug-likeness (QED) is 0.497. The fourth-order valence-electron chi connectivity index (χ4n) is 0.359. The summed E-state index contributed by atoms with van der Waals surface area (Å²) in [6, 6.07) is 0. The Hall–Kier alpha value is -0.770. The molecule has 0 aliphatic rings. The summed E-state index contributed by atoms with van der Waals surface area (Å²) < 4.78 is 0. The number of carbonyl (C=O) groups excluding carboxylic acids is 1. The van der Waals surface area contributed by atoms with Crippen LogP contribution in [0.25, 0.3) is 0 Å². The van der Waals surface area contributed by atoms with E-state index in [1.165, 1.54) is 0 Å². The fraction of sp³-hybridized carbons (Fsp3) is 0.571. The van der Waals surface area contributed by atoms with E-state index >= 15 is 0 Å². The lowest BCUT2D eigenvalue weighted by atomic mass is 10.1. The topological polar surface area (TPSA) is 17.1 Å². The molecule has 1 radical (unpaired) electrons. The van der Waals surface area contributed by atoms with Crippen LogP contribution in [0.4, 0.5) is 0 Å². The van der Waals surface area contributed by atoms with Gasteiger partial charge in [-0.25, -0.2) is 0 Å². The maximum absolute atomic E-state index is 9.82. The summed E-state index contributed by atoms with van der Waals surface area (Å²) in [5.74, 6) is 2.46. The molecular weight excluding hydrogens is 100 g/mol. The monoisotopic (exact) mass is 109 g/mol. The van der Waals surface area contributed by atoms with Crippen LogP contribution >= 0.6 is 0 Å². The van der Waals surface area contributed by atoms with Crippen molar-refractivity contribution in [3.05, 3.63) is 0 Å². The van der Waals surface area contributed by atoms with Crippen molar-refractivity contribution in [3.8, 4) is 12.3 Å². The number of hydrogen-bond acceptors (Lipinski definition) is 1. The number of terminal acetylenes is 1. The van der Waals surface area contributed by atoms with Gasteiger partial charge in [-0.05, 0) is 6.42 Å².